The minimum atomic E-state index is -0.147. The quantitative estimate of drug-likeness (QED) is 0.723. The first-order chi connectivity index (χ1) is 12.7. The second kappa shape index (κ2) is 6.74. The van der Waals surface area contributed by atoms with Crippen molar-refractivity contribution in [2.45, 2.75) is 32.7 Å². The van der Waals surface area contributed by atoms with Gasteiger partial charge in [-0.25, -0.2) is 9.50 Å². The molecule has 3 heterocycles. The van der Waals surface area contributed by atoms with E-state index >= 15 is 0 Å². The lowest BCUT2D eigenvalue weighted by atomic mass is 10.0. The summed E-state index contributed by atoms with van der Waals surface area (Å²) in [5, 5.41) is 4.36. The third-order valence-corrected chi connectivity index (χ3v) is 4.71. The number of rotatable bonds is 4. The molecule has 1 saturated heterocycles. The molecule has 0 bridgehead atoms. The number of nitrogens with zero attached hydrogens (tertiary/aromatic N) is 5. The second-order valence-corrected chi connectivity index (χ2v) is 6.39. The Bertz CT molecular complexity index is 935. The molecule has 1 fully saturated rings. The lowest BCUT2D eigenvalue weighted by Crippen LogP contribution is -2.31. The Morgan fingerprint density at radius 2 is 2.08 bits per heavy atom. The molecule has 0 saturated carbocycles. The maximum absolute atomic E-state index is 13.0. The predicted octanol–water partition coefficient (Wildman–Crippen LogP) is 2.81. The van der Waals surface area contributed by atoms with Crippen LogP contribution in [0.25, 0.3) is 5.78 Å². The summed E-state index contributed by atoms with van der Waals surface area (Å²) >= 11 is 0. The highest BCUT2D eigenvalue weighted by molar-refractivity contribution is 5.91. The molecule has 26 heavy (non-hydrogen) atoms. The molecule has 0 aliphatic carbocycles. The van der Waals surface area contributed by atoms with Gasteiger partial charge in [-0.2, -0.15) is 4.98 Å². The summed E-state index contributed by atoms with van der Waals surface area (Å²) in [7, 11) is 0. The van der Waals surface area contributed by atoms with Gasteiger partial charge < -0.3 is 9.64 Å². The van der Waals surface area contributed by atoms with Crippen molar-refractivity contribution in [3.63, 3.8) is 0 Å². The number of carbonyl (C=O) groups is 1. The van der Waals surface area contributed by atoms with Crippen LogP contribution in [-0.4, -0.2) is 43.5 Å². The minimum Gasteiger partial charge on any atom is -0.494 e. The highest BCUT2D eigenvalue weighted by Gasteiger charge is 2.32. The first-order valence-corrected chi connectivity index (χ1v) is 8.89. The van der Waals surface area contributed by atoms with Crippen molar-refractivity contribution < 1.29 is 9.53 Å². The minimum absolute atomic E-state index is 0.0406. The third kappa shape index (κ3) is 2.89. The zero-order chi connectivity index (χ0) is 18.1. The van der Waals surface area contributed by atoms with E-state index in [1.54, 1.807) is 10.7 Å². The monoisotopic (exact) mass is 351 g/mol. The summed E-state index contributed by atoms with van der Waals surface area (Å²) < 4.78 is 7.11. The van der Waals surface area contributed by atoms with E-state index in [-0.39, 0.29) is 17.8 Å². The van der Waals surface area contributed by atoms with Gasteiger partial charge in [0.15, 0.2) is 0 Å². The first-order valence-electron chi connectivity index (χ1n) is 8.89. The summed E-state index contributed by atoms with van der Waals surface area (Å²) in [5.74, 6) is 1.34. The fourth-order valence-corrected chi connectivity index (χ4v) is 3.43. The van der Waals surface area contributed by atoms with Crippen molar-refractivity contribution in [1.29, 1.82) is 0 Å². The first kappa shape index (κ1) is 16.5. The smallest absolute Gasteiger partial charge is 0.294 e. The van der Waals surface area contributed by atoms with Crippen LogP contribution in [0.4, 0.5) is 0 Å². The van der Waals surface area contributed by atoms with E-state index in [1.165, 1.54) is 0 Å². The number of benzene rings is 1. The highest BCUT2D eigenvalue weighted by Crippen LogP contribution is 2.33. The predicted molar refractivity (Wildman–Crippen MR) is 96.1 cm³/mol. The molecule has 1 aliphatic heterocycles. The Labute approximate surface area is 151 Å². The van der Waals surface area contributed by atoms with E-state index < -0.39 is 0 Å². The average molecular weight is 351 g/mol. The van der Waals surface area contributed by atoms with Gasteiger partial charge in [-0.3, -0.25) is 4.79 Å². The Morgan fingerprint density at radius 1 is 1.27 bits per heavy atom. The topological polar surface area (TPSA) is 72.6 Å². The molecule has 2 aromatic heterocycles. The number of aromatic nitrogens is 4. The van der Waals surface area contributed by atoms with Crippen LogP contribution in [0, 0.1) is 6.92 Å². The zero-order valence-corrected chi connectivity index (χ0v) is 14.9. The maximum Gasteiger partial charge on any atom is 0.294 e. The molecule has 1 amide bonds. The maximum atomic E-state index is 13.0. The lowest BCUT2D eigenvalue weighted by molar-refractivity contribution is 0.0723. The Kier molecular flexibility index (Phi) is 4.28. The largest absolute Gasteiger partial charge is 0.494 e. The molecule has 3 aromatic rings. The van der Waals surface area contributed by atoms with Crippen LogP contribution in [0.2, 0.25) is 0 Å². The third-order valence-electron chi connectivity index (χ3n) is 4.71. The number of fused-ring (bicyclic) bond motifs is 1. The van der Waals surface area contributed by atoms with Gasteiger partial charge in [-0.05, 0) is 50.5 Å². The van der Waals surface area contributed by atoms with E-state index in [1.807, 2.05) is 49.1 Å². The van der Waals surface area contributed by atoms with E-state index in [2.05, 4.69) is 15.1 Å². The van der Waals surface area contributed by atoms with Gasteiger partial charge in [-0.15, -0.1) is 5.10 Å². The van der Waals surface area contributed by atoms with Crippen LogP contribution in [0.3, 0.4) is 0 Å². The van der Waals surface area contributed by atoms with E-state index in [4.69, 9.17) is 4.74 Å². The summed E-state index contributed by atoms with van der Waals surface area (Å²) in [6.07, 6.45) is 3.57. The van der Waals surface area contributed by atoms with E-state index in [9.17, 15) is 4.79 Å². The molecule has 134 valence electrons. The Morgan fingerprint density at radius 3 is 2.81 bits per heavy atom. The number of ether oxygens (including phenoxy) is 1. The summed E-state index contributed by atoms with van der Waals surface area (Å²) in [5.41, 5.74) is 2.00. The van der Waals surface area contributed by atoms with Gasteiger partial charge in [0, 0.05) is 18.4 Å². The molecular weight excluding hydrogens is 330 g/mol. The summed E-state index contributed by atoms with van der Waals surface area (Å²) in [6.45, 7) is 5.22. The van der Waals surface area contributed by atoms with Crippen LogP contribution in [0.15, 0.2) is 36.5 Å². The average Bonchev–Trinajstić information content (AvgIpc) is 3.30. The molecule has 0 radical (unpaired) electrons. The van der Waals surface area contributed by atoms with Crippen LogP contribution in [0.1, 0.15) is 47.7 Å². The molecule has 1 aliphatic rings. The number of hydrogen-bond acceptors (Lipinski definition) is 5. The van der Waals surface area contributed by atoms with E-state index in [0.29, 0.717) is 18.9 Å². The molecule has 1 unspecified atom stereocenters. The van der Waals surface area contributed by atoms with Crippen molar-refractivity contribution in [2.75, 3.05) is 13.2 Å². The Hall–Kier alpha value is -2.96. The molecule has 0 N–H and O–H groups in total. The van der Waals surface area contributed by atoms with Gasteiger partial charge in [0.2, 0.25) is 5.82 Å². The van der Waals surface area contributed by atoms with Gasteiger partial charge in [-0.1, -0.05) is 12.1 Å². The Balaban J connectivity index is 1.60. The van der Waals surface area contributed by atoms with Crippen molar-refractivity contribution in [2.24, 2.45) is 0 Å². The number of carbonyl (C=O) groups excluding carboxylic acids is 1. The van der Waals surface area contributed by atoms with Crippen molar-refractivity contribution >= 4 is 11.7 Å². The number of aryl methyl sites for hydroxylation is 1. The second-order valence-electron chi connectivity index (χ2n) is 6.39. The molecular formula is C19H21N5O2. The molecule has 4 rings (SSSR count). The fraction of sp³-hybridized carbons (Fsp3) is 0.368. The molecule has 7 nitrogen and oxygen atoms in total. The molecule has 1 atom stereocenters. The van der Waals surface area contributed by atoms with Crippen LogP contribution in [-0.2, 0) is 0 Å². The number of likely N-dealkylation sites (tertiary alicyclic amines) is 1. The van der Waals surface area contributed by atoms with Crippen LogP contribution < -0.4 is 4.74 Å². The normalized spacial score (nSPS) is 17.0. The van der Waals surface area contributed by atoms with Gasteiger partial charge >= 0.3 is 0 Å². The summed E-state index contributed by atoms with van der Waals surface area (Å²) in [6, 6.07) is 9.86. The lowest BCUT2D eigenvalue weighted by Gasteiger charge is -2.24. The van der Waals surface area contributed by atoms with Crippen molar-refractivity contribution in [1.82, 2.24) is 24.5 Å². The van der Waals surface area contributed by atoms with Crippen molar-refractivity contribution in [3.05, 3.63) is 53.6 Å². The fourth-order valence-electron chi connectivity index (χ4n) is 3.43. The molecule has 7 heteroatoms. The molecule has 1 aromatic carbocycles. The highest BCUT2D eigenvalue weighted by atomic mass is 16.5. The number of amides is 1. The van der Waals surface area contributed by atoms with Gasteiger partial charge in [0.25, 0.3) is 11.7 Å². The van der Waals surface area contributed by atoms with Gasteiger partial charge in [0.05, 0.1) is 12.6 Å². The zero-order valence-electron chi connectivity index (χ0n) is 14.9. The molecule has 0 spiro atoms. The summed E-state index contributed by atoms with van der Waals surface area (Å²) in [4.78, 5) is 23.4. The van der Waals surface area contributed by atoms with Crippen LogP contribution in [0.5, 0.6) is 5.75 Å². The SMILES string of the molecule is CCOc1ccc(C2CCCN2C(=O)c2nc3nccc(C)n3n2)cc1. The van der Waals surface area contributed by atoms with Crippen molar-refractivity contribution in [3.8, 4) is 5.75 Å². The standard InChI is InChI=1S/C19H21N5O2/c1-3-26-15-8-6-14(7-9-15)16-5-4-12-23(16)18(25)17-21-19-20-11-10-13(2)24(19)22-17/h6-11,16H,3-5,12H2,1-2H3. The van der Waals surface area contributed by atoms with Gasteiger partial charge in [0.1, 0.15) is 5.75 Å². The van der Waals surface area contributed by atoms with Crippen LogP contribution >= 0.6 is 0 Å². The van der Waals surface area contributed by atoms with E-state index in [0.717, 1.165) is 29.8 Å². The number of hydrogen-bond donors (Lipinski definition) is 0.